The van der Waals surface area contributed by atoms with Crippen LogP contribution in [0.25, 0.3) is 0 Å². The minimum absolute atomic E-state index is 0.122. The van der Waals surface area contributed by atoms with E-state index in [0.29, 0.717) is 6.54 Å². The third-order valence-corrected chi connectivity index (χ3v) is 3.25. The summed E-state index contributed by atoms with van der Waals surface area (Å²) in [5.74, 6) is 0.811. The van der Waals surface area contributed by atoms with Crippen LogP contribution in [-0.4, -0.2) is 34.9 Å². The molecule has 2 aromatic rings. The van der Waals surface area contributed by atoms with Crippen molar-refractivity contribution < 1.29 is 0 Å². The van der Waals surface area contributed by atoms with E-state index < -0.39 is 0 Å². The summed E-state index contributed by atoms with van der Waals surface area (Å²) in [6.45, 7) is 6.06. The first-order chi connectivity index (χ1) is 10.1. The summed E-state index contributed by atoms with van der Waals surface area (Å²) in [6, 6.07) is 7.32. The van der Waals surface area contributed by atoms with Crippen molar-refractivity contribution in [1.29, 1.82) is 0 Å². The Balaban J connectivity index is 2.20. The van der Waals surface area contributed by atoms with Gasteiger partial charge in [-0.3, -0.25) is 4.79 Å². The van der Waals surface area contributed by atoms with Gasteiger partial charge in [0.2, 0.25) is 0 Å². The lowest BCUT2D eigenvalue weighted by molar-refractivity contribution is 0.627. The Morgan fingerprint density at radius 2 is 2.14 bits per heavy atom. The van der Waals surface area contributed by atoms with E-state index in [1.165, 1.54) is 4.68 Å². The highest BCUT2D eigenvalue weighted by Crippen LogP contribution is 2.08. The number of pyridine rings is 1. The first-order valence-electron chi connectivity index (χ1n) is 7.12. The zero-order chi connectivity index (χ0) is 15.2. The SMILES string of the molecule is CCNc1cccc(Cn2ncc(N(C)CC)cc2=O)n1. The molecule has 0 amide bonds. The Kier molecular flexibility index (Phi) is 4.92. The van der Waals surface area contributed by atoms with Crippen molar-refractivity contribution in [2.24, 2.45) is 0 Å². The Labute approximate surface area is 124 Å². The summed E-state index contributed by atoms with van der Waals surface area (Å²) in [4.78, 5) is 18.5. The normalized spacial score (nSPS) is 10.4. The van der Waals surface area contributed by atoms with Crippen LogP contribution in [0.1, 0.15) is 19.5 Å². The number of rotatable bonds is 6. The molecule has 2 rings (SSSR count). The van der Waals surface area contributed by atoms with Crippen LogP contribution < -0.4 is 15.8 Å². The number of nitrogens with zero attached hydrogens (tertiary/aromatic N) is 4. The van der Waals surface area contributed by atoms with Crippen molar-refractivity contribution in [3.63, 3.8) is 0 Å². The van der Waals surface area contributed by atoms with Gasteiger partial charge >= 0.3 is 0 Å². The lowest BCUT2D eigenvalue weighted by Gasteiger charge is -2.16. The van der Waals surface area contributed by atoms with Gasteiger partial charge in [0.25, 0.3) is 5.56 Å². The Hall–Kier alpha value is -2.37. The van der Waals surface area contributed by atoms with Crippen LogP contribution in [0.4, 0.5) is 11.5 Å². The molecule has 0 aliphatic rings. The largest absolute Gasteiger partial charge is 0.373 e. The van der Waals surface area contributed by atoms with Gasteiger partial charge in [-0.1, -0.05) is 6.07 Å². The van der Waals surface area contributed by atoms with Gasteiger partial charge in [-0.25, -0.2) is 9.67 Å². The molecule has 0 aliphatic carbocycles. The topological polar surface area (TPSA) is 63.1 Å². The molecule has 0 saturated heterocycles. The molecule has 6 nitrogen and oxygen atoms in total. The number of nitrogens with one attached hydrogen (secondary N) is 1. The van der Waals surface area contributed by atoms with E-state index >= 15 is 0 Å². The average Bonchev–Trinajstić information content (AvgIpc) is 2.49. The van der Waals surface area contributed by atoms with Gasteiger partial charge in [0.1, 0.15) is 5.82 Å². The van der Waals surface area contributed by atoms with Crippen molar-refractivity contribution in [2.75, 3.05) is 30.4 Å². The van der Waals surface area contributed by atoms with Crippen molar-refractivity contribution in [3.05, 3.63) is 46.5 Å². The molecule has 2 heterocycles. The fraction of sp³-hybridized carbons (Fsp3) is 0.400. The highest BCUT2D eigenvalue weighted by atomic mass is 16.1. The second-order valence-electron chi connectivity index (χ2n) is 4.77. The maximum atomic E-state index is 12.1. The van der Waals surface area contributed by atoms with E-state index in [1.807, 2.05) is 44.0 Å². The van der Waals surface area contributed by atoms with E-state index in [4.69, 9.17) is 0 Å². The van der Waals surface area contributed by atoms with Gasteiger partial charge in [0.15, 0.2) is 0 Å². The standard InChI is InChI=1S/C15H21N5O/c1-4-16-14-8-6-7-12(18-14)11-20-15(21)9-13(10-17-20)19(3)5-2/h6-10H,4-5,11H2,1-3H3,(H,16,18). The molecular weight excluding hydrogens is 266 g/mol. The van der Waals surface area contributed by atoms with E-state index in [2.05, 4.69) is 15.4 Å². The predicted molar refractivity (Wildman–Crippen MR) is 84.9 cm³/mol. The minimum Gasteiger partial charge on any atom is -0.373 e. The highest BCUT2D eigenvalue weighted by Gasteiger charge is 2.05. The van der Waals surface area contributed by atoms with Crippen LogP contribution in [-0.2, 0) is 6.54 Å². The van der Waals surface area contributed by atoms with Crippen molar-refractivity contribution >= 4 is 11.5 Å². The Bertz CT molecular complexity index is 653. The molecule has 0 bridgehead atoms. The van der Waals surface area contributed by atoms with Gasteiger partial charge in [-0.2, -0.15) is 5.10 Å². The molecule has 2 aromatic heterocycles. The maximum Gasteiger partial charge on any atom is 0.269 e. The number of hydrogen-bond acceptors (Lipinski definition) is 5. The second-order valence-corrected chi connectivity index (χ2v) is 4.77. The predicted octanol–water partition coefficient (Wildman–Crippen LogP) is 1.57. The Morgan fingerprint density at radius 3 is 2.81 bits per heavy atom. The Morgan fingerprint density at radius 1 is 1.33 bits per heavy atom. The average molecular weight is 287 g/mol. The minimum atomic E-state index is -0.122. The molecule has 6 heteroatoms. The molecule has 21 heavy (non-hydrogen) atoms. The molecule has 0 atom stereocenters. The van der Waals surface area contributed by atoms with Gasteiger partial charge in [-0.15, -0.1) is 0 Å². The van der Waals surface area contributed by atoms with Gasteiger partial charge in [-0.05, 0) is 26.0 Å². The first kappa shape index (κ1) is 15.0. The molecular formula is C15H21N5O. The quantitative estimate of drug-likeness (QED) is 0.874. The summed E-state index contributed by atoms with van der Waals surface area (Å²) in [6.07, 6.45) is 1.71. The van der Waals surface area contributed by atoms with Crippen LogP contribution in [0.5, 0.6) is 0 Å². The van der Waals surface area contributed by atoms with Crippen LogP contribution in [0.15, 0.2) is 35.3 Å². The maximum absolute atomic E-state index is 12.1. The molecule has 0 radical (unpaired) electrons. The third kappa shape index (κ3) is 3.81. The van der Waals surface area contributed by atoms with Crippen LogP contribution in [0.2, 0.25) is 0 Å². The van der Waals surface area contributed by atoms with Gasteiger partial charge < -0.3 is 10.2 Å². The molecule has 1 N–H and O–H groups in total. The lowest BCUT2D eigenvalue weighted by atomic mass is 10.3. The van der Waals surface area contributed by atoms with Crippen molar-refractivity contribution in [1.82, 2.24) is 14.8 Å². The lowest BCUT2D eigenvalue weighted by Crippen LogP contribution is -2.26. The van der Waals surface area contributed by atoms with Crippen molar-refractivity contribution in [2.45, 2.75) is 20.4 Å². The molecule has 112 valence electrons. The monoisotopic (exact) mass is 287 g/mol. The zero-order valence-corrected chi connectivity index (χ0v) is 12.7. The van der Waals surface area contributed by atoms with Gasteiger partial charge in [0, 0.05) is 26.2 Å². The van der Waals surface area contributed by atoms with Gasteiger partial charge in [0.05, 0.1) is 24.1 Å². The summed E-state index contributed by atoms with van der Waals surface area (Å²) < 4.78 is 1.42. The van der Waals surface area contributed by atoms with Crippen LogP contribution >= 0.6 is 0 Å². The zero-order valence-electron chi connectivity index (χ0n) is 12.7. The van der Waals surface area contributed by atoms with E-state index in [0.717, 1.165) is 30.3 Å². The molecule has 0 fully saturated rings. The molecule has 0 aliphatic heterocycles. The third-order valence-electron chi connectivity index (χ3n) is 3.25. The molecule has 0 unspecified atom stereocenters. The smallest absolute Gasteiger partial charge is 0.269 e. The van der Waals surface area contributed by atoms with E-state index in [1.54, 1.807) is 12.3 Å². The fourth-order valence-corrected chi connectivity index (χ4v) is 1.93. The highest BCUT2D eigenvalue weighted by molar-refractivity contribution is 5.41. The van der Waals surface area contributed by atoms with E-state index in [-0.39, 0.29) is 5.56 Å². The van der Waals surface area contributed by atoms with Crippen LogP contribution in [0.3, 0.4) is 0 Å². The van der Waals surface area contributed by atoms with E-state index in [9.17, 15) is 4.79 Å². The second kappa shape index (κ2) is 6.88. The van der Waals surface area contributed by atoms with Crippen LogP contribution in [0, 0.1) is 0 Å². The number of anilines is 2. The summed E-state index contributed by atoms with van der Waals surface area (Å²) in [5.41, 5.74) is 1.51. The number of hydrogen-bond donors (Lipinski definition) is 1. The summed E-state index contributed by atoms with van der Waals surface area (Å²) >= 11 is 0. The summed E-state index contributed by atoms with van der Waals surface area (Å²) in [7, 11) is 1.93. The fourth-order valence-electron chi connectivity index (χ4n) is 1.93. The summed E-state index contributed by atoms with van der Waals surface area (Å²) in [5, 5.41) is 7.37. The molecule has 0 spiro atoms. The number of aromatic nitrogens is 3. The first-order valence-corrected chi connectivity index (χ1v) is 7.12. The molecule has 0 saturated carbocycles. The molecule has 0 aromatic carbocycles. The van der Waals surface area contributed by atoms with Crippen molar-refractivity contribution in [3.8, 4) is 0 Å².